The molecule has 2 N–H and O–H groups in total. The second kappa shape index (κ2) is 10.5. The van der Waals surface area contributed by atoms with Crippen LogP contribution in [0.3, 0.4) is 0 Å². The Morgan fingerprint density at radius 1 is 0.917 bits per heavy atom. The average molecular weight is 666 g/mol. The van der Waals surface area contributed by atoms with Crippen molar-refractivity contribution in [1.29, 1.82) is 0 Å². The molecule has 266 valence electrons. The van der Waals surface area contributed by atoms with Crippen molar-refractivity contribution >= 4 is 18.1 Å². The Labute approximate surface area is 286 Å². The molecule has 0 aromatic heterocycles. The summed E-state index contributed by atoms with van der Waals surface area (Å²) < 4.78 is 19.6. The molecule has 6 aliphatic carbocycles. The van der Waals surface area contributed by atoms with Gasteiger partial charge in [-0.25, -0.2) is 9.59 Å². The van der Waals surface area contributed by atoms with Crippen LogP contribution in [0.25, 0.3) is 0 Å². The van der Waals surface area contributed by atoms with Crippen molar-refractivity contribution < 1.29 is 28.6 Å². The van der Waals surface area contributed by atoms with Crippen LogP contribution in [0, 0.1) is 56.7 Å². The molecule has 3 saturated heterocycles. The lowest BCUT2D eigenvalue weighted by atomic mass is 9.36. The van der Waals surface area contributed by atoms with Gasteiger partial charge < -0.3 is 29.7 Å². The number of carbonyl (C=O) groups is 3. The minimum atomic E-state index is -0.477. The zero-order chi connectivity index (χ0) is 33.4. The van der Waals surface area contributed by atoms with E-state index < -0.39 is 12.1 Å². The Hall–Kier alpha value is -2.03. The highest BCUT2D eigenvalue weighted by atomic mass is 16.6. The monoisotopic (exact) mass is 665 g/mol. The highest BCUT2D eigenvalue weighted by Crippen LogP contribution is 2.92. The second-order valence-electron chi connectivity index (χ2n) is 19.1. The SMILES string of the molecule is CC(C)[C@@H](OC(=O)N1CCC1)C1CC[C@H]2C(O1)[C@@H]1CC[C@@]13C1CC[C@H]4C(C)(C)[C@@H](OC(=O)N[C@@H]5CCNC5=O)CC[C@@]45C[C@@]15CC[C@]23C. The third-order valence-electron chi connectivity index (χ3n) is 17.1. The standard InChI is InChI=1S/C39H59N3O6/c1-22(2)30(48-34(45)42-19-6-20-42)26-8-7-23-31(46-26)24-11-15-39(24)28-10-9-27-35(3,4)29(47-33(44)41-25-13-18-40-32(25)43)12-14-37(27)21-38(28,37)17-16-36(23,39)5/h22-31H,6-21H2,1-5H3,(H,40,43)(H,41,44)/t23-,24-,25+,26?,27-,28?,29-,30+,31?,36+,37+,38-,39-/m0/s1. The first-order chi connectivity index (χ1) is 22.9. The van der Waals surface area contributed by atoms with E-state index in [1.54, 1.807) is 0 Å². The molecule has 13 atom stereocenters. The van der Waals surface area contributed by atoms with Gasteiger partial charge >= 0.3 is 12.2 Å². The average Bonchev–Trinajstić information content (AvgIpc) is 3.45. The minimum Gasteiger partial charge on any atom is -0.446 e. The lowest BCUT2D eigenvalue weighted by Gasteiger charge is -2.68. The summed E-state index contributed by atoms with van der Waals surface area (Å²) in [6.45, 7) is 14.0. The molecule has 0 radical (unpaired) electrons. The summed E-state index contributed by atoms with van der Waals surface area (Å²) >= 11 is 0. The Balaban J connectivity index is 0.931. The number of likely N-dealkylation sites (tertiary alicyclic amines) is 1. The molecule has 9 nitrogen and oxygen atoms in total. The van der Waals surface area contributed by atoms with Crippen molar-refractivity contribution in [3.8, 4) is 0 Å². The van der Waals surface area contributed by atoms with E-state index in [1.807, 2.05) is 4.90 Å². The zero-order valence-electron chi connectivity index (χ0n) is 30.0. The maximum Gasteiger partial charge on any atom is 0.410 e. The second-order valence-corrected chi connectivity index (χ2v) is 19.1. The first-order valence-electron chi connectivity index (χ1n) is 19.7. The summed E-state index contributed by atoms with van der Waals surface area (Å²) in [7, 11) is 0. The van der Waals surface area contributed by atoms with Crippen LogP contribution in [-0.2, 0) is 19.0 Å². The van der Waals surface area contributed by atoms with Gasteiger partial charge in [0.1, 0.15) is 18.2 Å². The van der Waals surface area contributed by atoms with Crippen molar-refractivity contribution in [2.75, 3.05) is 19.6 Å². The molecular weight excluding hydrogens is 606 g/mol. The number of rotatable bonds is 5. The molecule has 3 heterocycles. The number of ether oxygens (including phenoxy) is 3. The predicted molar refractivity (Wildman–Crippen MR) is 179 cm³/mol. The van der Waals surface area contributed by atoms with Crippen LogP contribution in [-0.4, -0.2) is 73.1 Å². The van der Waals surface area contributed by atoms with E-state index >= 15 is 0 Å². The number of alkyl carbamates (subject to hydrolysis) is 1. The molecule has 9 fully saturated rings. The molecule has 3 spiro atoms. The maximum atomic E-state index is 13.0. The molecular formula is C39H59N3O6. The number of hydrogen-bond acceptors (Lipinski definition) is 6. The van der Waals surface area contributed by atoms with Crippen LogP contribution >= 0.6 is 0 Å². The van der Waals surface area contributed by atoms with E-state index in [0.717, 1.165) is 44.7 Å². The quantitative estimate of drug-likeness (QED) is 0.351. The Morgan fingerprint density at radius 2 is 1.69 bits per heavy atom. The van der Waals surface area contributed by atoms with Gasteiger partial charge in [-0.1, -0.05) is 34.6 Å². The van der Waals surface area contributed by atoms with Crippen molar-refractivity contribution in [2.24, 2.45) is 56.7 Å². The fourth-order valence-corrected chi connectivity index (χ4v) is 14.8. The highest BCUT2D eigenvalue weighted by Gasteiger charge is 2.86. The molecule has 0 bridgehead atoms. The van der Waals surface area contributed by atoms with Crippen LogP contribution in [0.5, 0.6) is 0 Å². The van der Waals surface area contributed by atoms with Gasteiger partial charge in [0.25, 0.3) is 0 Å². The molecule has 0 aromatic rings. The van der Waals surface area contributed by atoms with Crippen LogP contribution in [0.1, 0.15) is 118 Å². The summed E-state index contributed by atoms with van der Waals surface area (Å²) in [5, 5.41) is 5.65. The van der Waals surface area contributed by atoms with Gasteiger partial charge in [-0.15, -0.1) is 0 Å². The first kappa shape index (κ1) is 31.9. The summed E-state index contributed by atoms with van der Waals surface area (Å²) in [6.07, 6.45) is 14.5. The van der Waals surface area contributed by atoms with Crippen molar-refractivity contribution in [1.82, 2.24) is 15.5 Å². The molecule has 3 aliphatic heterocycles. The fraction of sp³-hybridized carbons (Fsp3) is 0.923. The van der Waals surface area contributed by atoms with Gasteiger partial charge in [-0.3, -0.25) is 4.79 Å². The van der Waals surface area contributed by atoms with Gasteiger partial charge in [0.05, 0.1) is 12.2 Å². The summed E-state index contributed by atoms with van der Waals surface area (Å²) in [5.74, 6) is 2.66. The third kappa shape index (κ3) is 3.97. The minimum absolute atomic E-state index is 0.00817. The number of nitrogens with one attached hydrogen (secondary N) is 2. The van der Waals surface area contributed by atoms with Crippen LogP contribution in [0.4, 0.5) is 9.59 Å². The normalized spacial score (nSPS) is 49.7. The third-order valence-corrected chi connectivity index (χ3v) is 17.1. The number of fused-ring (bicyclic) bond motifs is 3. The van der Waals surface area contributed by atoms with Crippen molar-refractivity contribution in [2.45, 2.75) is 149 Å². The van der Waals surface area contributed by atoms with Crippen LogP contribution in [0.15, 0.2) is 0 Å². The number of amides is 3. The van der Waals surface area contributed by atoms with Gasteiger partial charge in [-0.05, 0) is 135 Å². The van der Waals surface area contributed by atoms with E-state index in [2.05, 4.69) is 45.3 Å². The summed E-state index contributed by atoms with van der Waals surface area (Å²) in [6, 6.07) is -0.477. The maximum absolute atomic E-state index is 13.0. The first-order valence-corrected chi connectivity index (χ1v) is 19.7. The summed E-state index contributed by atoms with van der Waals surface area (Å²) in [5.41, 5.74) is 1.37. The lowest BCUT2D eigenvalue weighted by Crippen LogP contribution is -2.62. The smallest absolute Gasteiger partial charge is 0.410 e. The largest absolute Gasteiger partial charge is 0.446 e. The van der Waals surface area contributed by atoms with Crippen molar-refractivity contribution in [3.63, 3.8) is 0 Å². The molecule has 3 amide bonds. The van der Waals surface area contributed by atoms with Gasteiger partial charge in [0.15, 0.2) is 0 Å². The van der Waals surface area contributed by atoms with E-state index in [1.165, 1.54) is 51.4 Å². The van der Waals surface area contributed by atoms with Crippen molar-refractivity contribution in [3.05, 3.63) is 0 Å². The topological polar surface area (TPSA) is 106 Å². The molecule has 48 heavy (non-hydrogen) atoms. The predicted octanol–water partition coefficient (Wildman–Crippen LogP) is 6.43. The molecule has 9 aliphatic rings. The molecule has 0 aromatic carbocycles. The van der Waals surface area contributed by atoms with E-state index in [0.29, 0.717) is 52.4 Å². The zero-order valence-corrected chi connectivity index (χ0v) is 30.0. The number of carbonyl (C=O) groups excluding carboxylic acids is 3. The van der Waals surface area contributed by atoms with Crippen LogP contribution < -0.4 is 10.6 Å². The van der Waals surface area contributed by atoms with Gasteiger partial charge in [0.2, 0.25) is 5.91 Å². The van der Waals surface area contributed by atoms with Gasteiger partial charge in [-0.2, -0.15) is 0 Å². The highest BCUT2D eigenvalue weighted by molar-refractivity contribution is 5.87. The number of nitrogens with zero attached hydrogens (tertiary/aromatic N) is 1. The molecule has 9 heteroatoms. The Morgan fingerprint density at radius 3 is 2.35 bits per heavy atom. The Kier molecular flexibility index (Phi) is 6.99. The van der Waals surface area contributed by atoms with Crippen LogP contribution in [0.2, 0.25) is 0 Å². The number of hydrogen-bond donors (Lipinski definition) is 2. The van der Waals surface area contributed by atoms with Gasteiger partial charge in [0, 0.05) is 25.0 Å². The molecule has 3 unspecified atom stereocenters. The molecule has 9 rings (SSSR count). The fourth-order valence-electron chi connectivity index (χ4n) is 14.8. The lowest BCUT2D eigenvalue weighted by molar-refractivity contribution is -0.209. The Bertz CT molecular complexity index is 1380. The summed E-state index contributed by atoms with van der Waals surface area (Å²) in [4.78, 5) is 39.8. The van der Waals surface area contributed by atoms with E-state index in [4.69, 9.17) is 14.2 Å². The molecule has 6 saturated carbocycles. The van der Waals surface area contributed by atoms with E-state index in [-0.39, 0.29) is 47.7 Å². The van der Waals surface area contributed by atoms with E-state index in [9.17, 15) is 14.4 Å².